The van der Waals surface area contributed by atoms with Gasteiger partial charge in [0.05, 0.1) is 5.41 Å². The number of benzene rings is 2. The first-order valence-electron chi connectivity index (χ1n) is 8.96. The van der Waals surface area contributed by atoms with E-state index in [4.69, 9.17) is 11.6 Å². The van der Waals surface area contributed by atoms with Gasteiger partial charge in [0.15, 0.2) is 0 Å². The molecule has 4 rings (SSSR count). The molecule has 25 heavy (non-hydrogen) atoms. The van der Waals surface area contributed by atoms with Crippen LogP contribution in [0.1, 0.15) is 24.0 Å². The zero-order valence-electron chi connectivity index (χ0n) is 14.5. The number of hydrogen-bond donors (Lipinski definition) is 0. The highest BCUT2D eigenvalue weighted by molar-refractivity contribution is 6.30. The number of carbonyl (C=O) groups excluding carboxylic acids is 1. The molecule has 0 spiro atoms. The molecule has 4 heteroatoms. The molecule has 1 aliphatic carbocycles. The molecule has 0 atom stereocenters. The van der Waals surface area contributed by atoms with Crippen LogP contribution in [0.15, 0.2) is 48.5 Å². The van der Waals surface area contributed by atoms with Gasteiger partial charge in [-0.3, -0.25) is 4.79 Å². The Kier molecular flexibility index (Phi) is 4.20. The number of aryl methyl sites for hydroxylation is 1. The van der Waals surface area contributed by atoms with Crippen molar-refractivity contribution >= 4 is 23.2 Å². The van der Waals surface area contributed by atoms with Crippen molar-refractivity contribution in [2.45, 2.75) is 25.2 Å². The van der Waals surface area contributed by atoms with Gasteiger partial charge in [-0.05, 0) is 55.2 Å². The van der Waals surface area contributed by atoms with Crippen molar-refractivity contribution in [3.8, 4) is 0 Å². The predicted molar refractivity (Wildman–Crippen MR) is 102 cm³/mol. The highest BCUT2D eigenvalue weighted by Crippen LogP contribution is 2.50. The van der Waals surface area contributed by atoms with Crippen LogP contribution < -0.4 is 4.90 Å². The lowest BCUT2D eigenvalue weighted by Crippen LogP contribution is -2.51. The van der Waals surface area contributed by atoms with Crippen LogP contribution >= 0.6 is 11.6 Å². The van der Waals surface area contributed by atoms with Crippen LogP contribution in [0.3, 0.4) is 0 Å². The van der Waals surface area contributed by atoms with Gasteiger partial charge in [0.25, 0.3) is 0 Å². The molecule has 1 amide bonds. The number of hydrogen-bond acceptors (Lipinski definition) is 2. The lowest BCUT2D eigenvalue weighted by molar-refractivity contribution is -0.134. The molecule has 1 saturated heterocycles. The van der Waals surface area contributed by atoms with Crippen LogP contribution in [0, 0.1) is 6.92 Å². The fraction of sp³-hybridized carbons (Fsp3) is 0.381. The molecule has 2 fully saturated rings. The molecular weight excluding hydrogens is 332 g/mol. The average molecular weight is 355 g/mol. The van der Waals surface area contributed by atoms with E-state index in [9.17, 15) is 4.79 Å². The lowest BCUT2D eigenvalue weighted by atomic mass is 9.94. The fourth-order valence-electron chi connectivity index (χ4n) is 3.83. The van der Waals surface area contributed by atoms with Gasteiger partial charge >= 0.3 is 0 Å². The normalized spacial score (nSPS) is 19.0. The van der Waals surface area contributed by atoms with Gasteiger partial charge in [-0.1, -0.05) is 35.9 Å². The number of anilines is 1. The third kappa shape index (κ3) is 3.13. The summed E-state index contributed by atoms with van der Waals surface area (Å²) in [6.45, 7) is 5.47. The van der Waals surface area contributed by atoms with Crippen LogP contribution in [0.4, 0.5) is 5.69 Å². The number of carbonyl (C=O) groups is 1. The largest absolute Gasteiger partial charge is 0.368 e. The van der Waals surface area contributed by atoms with Gasteiger partial charge in [-0.15, -0.1) is 0 Å². The summed E-state index contributed by atoms with van der Waals surface area (Å²) >= 11 is 6.14. The molecule has 0 aromatic heterocycles. The van der Waals surface area contributed by atoms with Crippen LogP contribution in [-0.2, 0) is 10.2 Å². The molecule has 3 nitrogen and oxygen atoms in total. The topological polar surface area (TPSA) is 23.6 Å². The Morgan fingerprint density at radius 2 is 1.72 bits per heavy atom. The highest BCUT2D eigenvalue weighted by atomic mass is 35.5. The van der Waals surface area contributed by atoms with E-state index in [1.165, 1.54) is 11.3 Å². The van der Waals surface area contributed by atoms with E-state index in [1.54, 1.807) is 0 Å². The number of nitrogens with zero attached hydrogens (tertiary/aromatic N) is 2. The average Bonchev–Trinajstić information content (AvgIpc) is 3.43. The summed E-state index contributed by atoms with van der Waals surface area (Å²) < 4.78 is 0. The zero-order valence-corrected chi connectivity index (χ0v) is 15.3. The van der Waals surface area contributed by atoms with E-state index in [0.29, 0.717) is 5.02 Å². The molecule has 1 heterocycles. The Bertz CT molecular complexity index is 792. The highest BCUT2D eigenvalue weighted by Gasteiger charge is 2.53. The van der Waals surface area contributed by atoms with E-state index < -0.39 is 0 Å². The van der Waals surface area contributed by atoms with E-state index in [-0.39, 0.29) is 11.3 Å². The molecule has 130 valence electrons. The maximum Gasteiger partial charge on any atom is 0.233 e. The molecular formula is C21H23ClN2O. The van der Waals surface area contributed by atoms with Crippen molar-refractivity contribution in [2.24, 2.45) is 0 Å². The summed E-state index contributed by atoms with van der Waals surface area (Å²) in [5.74, 6) is 0.277. The maximum atomic E-state index is 13.2. The molecule has 2 aliphatic rings. The summed E-state index contributed by atoms with van der Waals surface area (Å²) in [6.07, 6.45) is 1.87. The summed E-state index contributed by atoms with van der Waals surface area (Å²) in [5.41, 5.74) is 3.28. The van der Waals surface area contributed by atoms with E-state index in [1.807, 2.05) is 29.2 Å². The Balaban J connectivity index is 1.45. The van der Waals surface area contributed by atoms with Crippen molar-refractivity contribution in [1.29, 1.82) is 0 Å². The molecule has 2 aromatic carbocycles. The predicted octanol–water partition coefficient (Wildman–Crippen LogP) is 4.03. The van der Waals surface area contributed by atoms with E-state index in [0.717, 1.165) is 44.6 Å². The summed E-state index contributed by atoms with van der Waals surface area (Å²) in [5, 5.41) is 0.709. The Labute approximate surface area is 154 Å². The van der Waals surface area contributed by atoms with E-state index in [2.05, 4.69) is 36.1 Å². The summed E-state index contributed by atoms with van der Waals surface area (Å²) in [7, 11) is 0. The summed E-state index contributed by atoms with van der Waals surface area (Å²) in [6, 6.07) is 16.4. The number of piperazine rings is 1. The molecule has 0 bridgehead atoms. The van der Waals surface area contributed by atoms with Gasteiger partial charge in [0.1, 0.15) is 0 Å². The first kappa shape index (κ1) is 16.5. The van der Waals surface area contributed by atoms with Crippen LogP contribution in [0.25, 0.3) is 0 Å². The monoisotopic (exact) mass is 354 g/mol. The van der Waals surface area contributed by atoms with Gasteiger partial charge in [0.2, 0.25) is 5.91 Å². The number of amides is 1. The molecule has 0 unspecified atom stereocenters. The lowest BCUT2D eigenvalue weighted by Gasteiger charge is -2.38. The third-order valence-corrected chi connectivity index (χ3v) is 5.71. The second-order valence-corrected chi connectivity index (χ2v) is 7.65. The first-order valence-corrected chi connectivity index (χ1v) is 9.33. The standard InChI is InChI=1S/C21H23ClN2O/c1-16-4-2-7-19(14-16)23-10-12-24(13-11-23)20(25)21(8-9-21)17-5-3-6-18(22)15-17/h2-7,14-15H,8-13H2,1H3. The third-order valence-electron chi connectivity index (χ3n) is 5.47. The molecule has 0 N–H and O–H groups in total. The Morgan fingerprint density at radius 3 is 2.36 bits per heavy atom. The minimum Gasteiger partial charge on any atom is -0.368 e. The Hall–Kier alpha value is -2.00. The smallest absolute Gasteiger partial charge is 0.233 e. The quantitative estimate of drug-likeness (QED) is 0.830. The summed E-state index contributed by atoms with van der Waals surface area (Å²) in [4.78, 5) is 17.6. The van der Waals surface area contributed by atoms with Crippen LogP contribution in [0.2, 0.25) is 5.02 Å². The molecule has 1 saturated carbocycles. The molecule has 2 aromatic rings. The first-order chi connectivity index (χ1) is 12.1. The van der Waals surface area contributed by atoms with Crippen molar-refractivity contribution in [1.82, 2.24) is 4.90 Å². The molecule has 0 radical (unpaired) electrons. The number of rotatable bonds is 3. The Morgan fingerprint density at radius 1 is 1.00 bits per heavy atom. The fourth-order valence-corrected chi connectivity index (χ4v) is 4.02. The van der Waals surface area contributed by atoms with Gasteiger partial charge < -0.3 is 9.80 Å². The molecule has 1 aliphatic heterocycles. The van der Waals surface area contributed by atoms with Crippen LogP contribution in [0.5, 0.6) is 0 Å². The number of halogens is 1. The second-order valence-electron chi connectivity index (χ2n) is 7.21. The minimum atomic E-state index is -0.323. The zero-order chi connectivity index (χ0) is 17.4. The van der Waals surface area contributed by atoms with Gasteiger partial charge in [-0.2, -0.15) is 0 Å². The van der Waals surface area contributed by atoms with Crippen molar-refractivity contribution in [3.05, 3.63) is 64.7 Å². The van der Waals surface area contributed by atoms with Crippen molar-refractivity contribution < 1.29 is 4.79 Å². The van der Waals surface area contributed by atoms with Gasteiger partial charge in [-0.25, -0.2) is 0 Å². The second kappa shape index (κ2) is 6.38. The maximum absolute atomic E-state index is 13.2. The van der Waals surface area contributed by atoms with E-state index >= 15 is 0 Å². The van der Waals surface area contributed by atoms with Crippen LogP contribution in [-0.4, -0.2) is 37.0 Å². The SMILES string of the molecule is Cc1cccc(N2CCN(C(=O)C3(c4cccc(Cl)c4)CC3)CC2)c1. The van der Waals surface area contributed by atoms with Crippen molar-refractivity contribution in [2.75, 3.05) is 31.1 Å². The van der Waals surface area contributed by atoms with Crippen molar-refractivity contribution in [3.63, 3.8) is 0 Å². The van der Waals surface area contributed by atoms with Gasteiger partial charge in [0, 0.05) is 36.9 Å². The minimum absolute atomic E-state index is 0.277.